The van der Waals surface area contributed by atoms with E-state index in [0.717, 1.165) is 19.3 Å². The van der Waals surface area contributed by atoms with Crippen molar-refractivity contribution in [2.75, 3.05) is 18.8 Å². The summed E-state index contributed by atoms with van der Waals surface area (Å²) in [6.07, 6.45) is 4.42. The molecule has 16 heavy (non-hydrogen) atoms. The molecule has 0 aromatic heterocycles. The molecular weight excluding hydrogens is 224 g/mol. The van der Waals surface area contributed by atoms with Gasteiger partial charge in [0, 0.05) is 12.6 Å². The van der Waals surface area contributed by atoms with Gasteiger partial charge >= 0.3 is 0 Å². The minimum absolute atomic E-state index is 0.175. The molecule has 1 aliphatic carbocycles. The number of hydrogen-bond acceptors (Lipinski definition) is 3. The maximum atomic E-state index is 12.0. The van der Waals surface area contributed by atoms with Crippen molar-refractivity contribution in [2.24, 2.45) is 17.6 Å². The van der Waals surface area contributed by atoms with E-state index in [9.17, 15) is 8.42 Å². The van der Waals surface area contributed by atoms with Gasteiger partial charge in [-0.25, -0.2) is 8.42 Å². The smallest absolute Gasteiger partial charge is 0.214 e. The van der Waals surface area contributed by atoms with E-state index in [1.54, 1.807) is 4.31 Å². The average molecular weight is 246 g/mol. The van der Waals surface area contributed by atoms with Gasteiger partial charge in [0.2, 0.25) is 10.0 Å². The van der Waals surface area contributed by atoms with Crippen molar-refractivity contribution in [2.45, 2.75) is 38.6 Å². The van der Waals surface area contributed by atoms with E-state index in [1.165, 1.54) is 6.42 Å². The molecule has 2 rings (SSSR count). The second-order valence-electron chi connectivity index (χ2n) is 5.30. The van der Waals surface area contributed by atoms with Crippen molar-refractivity contribution in [3.8, 4) is 0 Å². The molecule has 2 fully saturated rings. The van der Waals surface area contributed by atoms with Crippen molar-refractivity contribution < 1.29 is 8.42 Å². The van der Waals surface area contributed by atoms with E-state index in [1.807, 2.05) is 6.92 Å². The van der Waals surface area contributed by atoms with Gasteiger partial charge in [0.25, 0.3) is 0 Å². The molecule has 0 amide bonds. The largest absolute Gasteiger partial charge is 0.330 e. The average Bonchev–Trinajstić information content (AvgIpc) is 2.51. The van der Waals surface area contributed by atoms with Gasteiger partial charge < -0.3 is 5.73 Å². The monoisotopic (exact) mass is 246 g/mol. The van der Waals surface area contributed by atoms with Crippen LogP contribution in [-0.2, 0) is 10.0 Å². The lowest BCUT2D eigenvalue weighted by Gasteiger charge is -2.36. The van der Waals surface area contributed by atoms with Crippen LogP contribution < -0.4 is 5.73 Å². The third-order valence-electron chi connectivity index (χ3n) is 3.89. The molecule has 1 saturated carbocycles. The first-order valence-electron chi connectivity index (χ1n) is 6.24. The fraction of sp³-hybridized carbons (Fsp3) is 1.00. The van der Waals surface area contributed by atoms with Crippen LogP contribution in [0.1, 0.15) is 32.6 Å². The quantitative estimate of drug-likeness (QED) is 0.783. The molecule has 2 aliphatic rings. The summed E-state index contributed by atoms with van der Waals surface area (Å²) in [6.45, 7) is 3.33. The Morgan fingerprint density at radius 1 is 1.31 bits per heavy atom. The van der Waals surface area contributed by atoms with Crippen LogP contribution in [0.4, 0.5) is 0 Å². The Morgan fingerprint density at radius 2 is 2.00 bits per heavy atom. The summed E-state index contributed by atoms with van der Waals surface area (Å²) in [6, 6.07) is 0.175. The summed E-state index contributed by atoms with van der Waals surface area (Å²) < 4.78 is 25.8. The Bertz CT molecular complexity index is 342. The molecule has 3 atom stereocenters. The Labute approximate surface area is 98.2 Å². The normalized spacial score (nSPS) is 40.0. The van der Waals surface area contributed by atoms with Crippen LogP contribution in [0.5, 0.6) is 0 Å². The first-order chi connectivity index (χ1) is 7.54. The van der Waals surface area contributed by atoms with Gasteiger partial charge in [-0.15, -0.1) is 0 Å². The van der Waals surface area contributed by atoms with Crippen molar-refractivity contribution in [1.29, 1.82) is 0 Å². The first-order valence-corrected chi connectivity index (χ1v) is 7.85. The number of sulfonamides is 1. The van der Waals surface area contributed by atoms with Crippen LogP contribution in [0, 0.1) is 11.8 Å². The fourth-order valence-corrected chi connectivity index (χ4v) is 5.30. The van der Waals surface area contributed by atoms with Gasteiger partial charge in [0.05, 0.1) is 5.75 Å². The van der Waals surface area contributed by atoms with Crippen molar-refractivity contribution in [3.05, 3.63) is 0 Å². The summed E-state index contributed by atoms with van der Waals surface area (Å²) in [5.74, 6) is 0.958. The molecule has 3 unspecified atom stereocenters. The fourth-order valence-electron chi connectivity index (χ4n) is 3.11. The summed E-state index contributed by atoms with van der Waals surface area (Å²) >= 11 is 0. The van der Waals surface area contributed by atoms with Crippen LogP contribution >= 0.6 is 0 Å². The van der Waals surface area contributed by atoms with Crippen LogP contribution in [0.25, 0.3) is 0 Å². The SMILES string of the molecule is CC1CN(C2CCCCC2CN)S(=O)(=O)C1. The van der Waals surface area contributed by atoms with Gasteiger partial charge in [-0.3, -0.25) is 0 Å². The molecule has 1 aliphatic heterocycles. The summed E-state index contributed by atoms with van der Waals surface area (Å²) in [7, 11) is -3.00. The highest BCUT2D eigenvalue weighted by Gasteiger charge is 2.41. The molecule has 1 heterocycles. The van der Waals surface area contributed by atoms with Crippen molar-refractivity contribution >= 4 is 10.0 Å². The Balaban J connectivity index is 2.16. The lowest BCUT2D eigenvalue weighted by molar-refractivity contribution is 0.184. The summed E-state index contributed by atoms with van der Waals surface area (Å²) in [5, 5.41) is 0. The number of hydrogen-bond donors (Lipinski definition) is 1. The molecule has 1 saturated heterocycles. The second kappa shape index (κ2) is 4.63. The zero-order chi connectivity index (χ0) is 11.8. The van der Waals surface area contributed by atoms with Crippen LogP contribution in [-0.4, -0.2) is 37.6 Å². The lowest BCUT2D eigenvalue weighted by Crippen LogP contribution is -2.45. The number of nitrogens with two attached hydrogens (primary N) is 1. The predicted octanol–water partition coefficient (Wildman–Crippen LogP) is 0.785. The van der Waals surface area contributed by atoms with Crippen LogP contribution in [0.15, 0.2) is 0 Å². The van der Waals surface area contributed by atoms with Crippen molar-refractivity contribution in [1.82, 2.24) is 4.31 Å². The molecule has 0 radical (unpaired) electrons. The van der Waals surface area contributed by atoms with Crippen LogP contribution in [0.2, 0.25) is 0 Å². The number of rotatable bonds is 2. The molecule has 2 N–H and O–H groups in total. The second-order valence-corrected chi connectivity index (χ2v) is 7.27. The molecule has 0 spiro atoms. The van der Waals surface area contributed by atoms with E-state index in [2.05, 4.69) is 0 Å². The molecule has 5 heteroatoms. The lowest BCUT2D eigenvalue weighted by atomic mass is 9.84. The summed E-state index contributed by atoms with van der Waals surface area (Å²) in [4.78, 5) is 0. The van der Waals surface area contributed by atoms with Gasteiger partial charge in [-0.2, -0.15) is 4.31 Å². The van der Waals surface area contributed by atoms with Crippen molar-refractivity contribution in [3.63, 3.8) is 0 Å². The molecule has 4 nitrogen and oxygen atoms in total. The zero-order valence-electron chi connectivity index (χ0n) is 9.93. The van der Waals surface area contributed by atoms with Gasteiger partial charge in [-0.05, 0) is 31.2 Å². The topological polar surface area (TPSA) is 63.4 Å². The Hall–Kier alpha value is -0.130. The summed E-state index contributed by atoms with van der Waals surface area (Å²) in [5.41, 5.74) is 5.76. The highest BCUT2D eigenvalue weighted by Crippen LogP contribution is 2.33. The maximum absolute atomic E-state index is 12.0. The van der Waals surface area contributed by atoms with E-state index in [4.69, 9.17) is 5.73 Å². The van der Waals surface area contributed by atoms with E-state index >= 15 is 0 Å². The minimum Gasteiger partial charge on any atom is -0.330 e. The molecule has 0 bridgehead atoms. The highest BCUT2D eigenvalue weighted by atomic mass is 32.2. The number of nitrogens with zero attached hydrogens (tertiary/aromatic N) is 1. The van der Waals surface area contributed by atoms with E-state index in [0.29, 0.717) is 24.8 Å². The van der Waals surface area contributed by atoms with Gasteiger partial charge in [0.15, 0.2) is 0 Å². The third-order valence-corrected chi connectivity index (χ3v) is 6.01. The third kappa shape index (κ3) is 2.26. The Kier molecular flexibility index (Phi) is 3.56. The molecule has 0 aromatic rings. The van der Waals surface area contributed by atoms with Gasteiger partial charge in [0.1, 0.15) is 0 Å². The van der Waals surface area contributed by atoms with Crippen LogP contribution in [0.3, 0.4) is 0 Å². The van der Waals surface area contributed by atoms with E-state index in [-0.39, 0.29) is 12.0 Å². The first kappa shape index (κ1) is 12.3. The molecule has 0 aromatic carbocycles. The van der Waals surface area contributed by atoms with Gasteiger partial charge in [-0.1, -0.05) is 19.8 Å². The van der Waals surface area contributed by atoms with E-state index < -0.39 is 10.0 Å². The minimum atomic E-state index is -3.00. The highest BCUT2D eigenvalue weighted by molar-refractivity contribution is 7.89. The standard InChI is InChI=1S/C11H22N2O2S/c1-9-7-13(16(14,15)8-9)11-5-3-2-4-10(11)6-12/h9-11H,2-8,12H2,1H3. The Morgan fingerprint density at radius 3 is 2.56 bits per heavy atom. The predicted molar refractivity (Wildman–Crippen MR) is 64.5 cm³/mol. The maximum Gasteiger partial charge on any atom is 0.214 e. The molecular formula is C11H22N2O2S. The molecule has 94 valence electrons. The zero-order valence-corrected chi connectivity index (χ0v) is 10.7.